The largest absolute Gasteiger partial charge is 0.496 e. The van der Waals surface area contributed by atoms with E-state index in [0.29, 0.717) is 11.2 Å². The number of aromatic nitrogens is 3. The predicted octanol–water partition coefficient (Wildman–Crippen LogP) is 4.51. The van der Waals surface area contributed by atoms with Crippen molar-refractivity contribution in [3.8, 4) is 28.3 Å². The highest BCUT2D eigenvalue weighted by atomic mass is 32.1. The molecule has 1 aromatic carbocycles. The van der Waals surface area contributed by atoms with E-state index in [1.165, 1.54) is 10.4 Å². The van der Waals surface area contributed by atoms with E-state index in [1.54, 1.807) is 18.4 Å². The maximum absolute atomic E-state index is 5.91. The lowest BCUT2D eigenvalue weighted by molar-refractivity contribution is 0.160. The van der Waals surface area contributed by atoms with E-state index >= 15 is 0 Å². The Labute approximate surface area is 199 Å². The lowest BCUT2D eigenvalue weighted by atomic mass is 9.79. The molecule has 1 saturated heterocycles. The number of fused-ring (bicyclic) bond motifs is 3. The summed E-state index contributed by atoms with van der Waals surface area (Å²) >= 11 is 1.55. The summed E-state index contributed by atoms with van der Waals surface area (Å²) in [5, 5.41) is 13.6. The summed E-state index contributed by atoms with van der Waals surface area (Å²) in [6, 6.07) is 8.71. The monoisotopic (exact) mass is 464 g/mol. The van der Waals surface area contributed by atoms with Crippen molar-refractivity contribution in [3.63, 3.8) is 0 Å². The zero-order valence-electron chi connectivity index (χ0n) is 20.2. The molecule has 3 aromatic rings. The van der Waals surface area contributed by atoms with Crippen LogP contribution in [0.25, 0.3) is 22.5 Å². The average Bonchev–Trinajstić information content (AvgIpc) is 3.25. The molecule has 1 aliphatic heterocycles. The van der Waals surface area contributed by atoms with Gasteiger partial charge in [-0.25, -0.2) is 4.98 Å². The van der Waals surface area contributed by atoms with Crippen molar-refractivity contribution in [2.45, 2.75) is 64.1 Å². The van der Waals surface area contributed by atoms with Crippen LogP contribution in [0.2, 0.25) is 0 Å². The first-order valence-corrected chi connectivity index (χ1v) is 12.2. The number of nitrogen functional groups attached to an aromatic ring is 1. The Kier molecular flexibility index (Phi) is 5.14. The fourth-order valence-corrected chi connectivity index (χ4v) is 6.49. The molecule has 0 saturated carbocycles. The number of thiazole rings is 1. The molecule has 7 nitrogen and oxygen atoms in total. The van der Waals surface area contributed by atoms with Crippen LogP contribution in [0.4, 0.5) is 10.9 Å². The number of hydrogen-bond acceptors (Lipinski definition) is 8. The van der Waals surface area contributed by atoms with Gasteiger partial charge in [0.15, 0.2) is 10.9 Å². The topological polar surface area (TPSA) is 89.2 Å². The molecular weight excluding hydrogens is 432 g/mol. The summed E-state index contributed by atoms with van der Waals surface area (Å²) in [6.07, 6.45) is 2.95. The molecule has 3 N–H and O–H groups in total. The second kappa shape index (κ2) is 7.67. The Bertz CT molecular complexity index is 1180. The third-order valence-corrected chi connectivity index (χ3v) is 7.63. The van der Waals surface area contributed by atoms with Crippen molar-refractivity contribution in [1.82, 2.24) is 20.5 Å². The van der Waals surface area contributed by atoms with Crippen molar-refractivity contribution in [2.24, 2.45) is 0 Å². The molecule has 2 aliphatic rings. The second-order valence-corrected chi connectivity index (χ2v) is 11.7. The summed E-state index contributed by atoms with van der Waals surface area (Å²) in [5.74, 6) is 1.66. The van der Waals surface area contributed by atoms with Gasteiger partial charge in [0.2, 0.25) is 0 Å². The van der Waals surface area contributed by atoms with Crippen LogP contribution < -0.4 is 20.7 Å². The SMILES string of the molecule is COc1cc2c(cc1-c1ccc(N(C)C3CC(C)(C)NC(C)(C)C3)nn1)Cc1sc(N)nc1-2. The number of nitrogens with one attached hydrogen (secondary N) is 1. The molecule has 0 amide bonds. The van der Waals surface area contributed by atoms with Gasteiger partial charge in [-0.05, 0) is 70.4 Å². The summed E-state index contributed by atoms with van der Waals surface area (Å²) in [4.78, 5) is 7.99. The number of piperidine rings is 1. The predicted molar refractivity (Wildman–Crippen MR) is 135 cm³/mol. The van der Waals surface area contributed by atoms with Gasteiger partial charge in [-0.15, -0.1) is 21.5 Å². The second-order valence-electron chi connectivity index (χ2n) is 10.6. The summed E-state index contributed by atoms with van der Waals surface area (Å²) < 4.78 is 5.72. The molecule has 33 heavy (non-hydrogen) atoms. The minimum absolute atomic E-state index is 0.0765. The Morgan fingerprint density at radius 2 is 1.82 bits per heavy atom. The van der Waals surface area contributed by atoms with Crippen LogP contribution in [0.5, 0.6) is 5.75 Å². The molecule has 0 spiro atoms. The Balaban J connectivity index is 1.42. The quantitative estimate of drug-likeness (QED) is 0.459. The van der Waals surface area contributed by atoms with Crippen LogP contribution in [0, 0.1) is 0 Å². The van der Waals surface area contributed by atoms with Gasteiger partial charge in [-0.3, -0.25) is 0 Å². The van der Waals surface area contributed by atoms with Crippen molar-refractivity contribution >= 4 is 22.3 Å². The summed E-state index contributed by atoms with van der Waals surface area (Å²) in [6.45, 7) is 9.08. The van der Waals surface area contributed by atoms with Crippen LogP contribution in [-0.2, 0) is 6.42 Å². The molecule has 174 valence electrons. The fourth-order valence-electron chi connectivity index (χ4n) is 5.62. The maximum Gasteiger partial charge on any atom is 0.180 e. The number of ether oxygens (including phenoxy) is 1. The van der Waals surface area contributed by atoms with E-state index in [-0.39, 0.29) is 11.1 Å². The van der Waals surface area contributed by atoms with Gasteiger partial charge in [-0.1, -0.05) is 0 Å². The fraction of sp³-hybridized carbons (Fsp3) is 0.480. The van der Waals surface area contributed by atoms with Crippen LogP contribution in [-0.4, -0.2) is 46.5 Å². The lowest BCUT2D eigenvalue weighted by Crippen LogP contribution is -2.62. The Morgan fingerprint density at radius 3 is 2.45 bits per heavy atom. The van der Waals surface area contributed by atoms with Crippen molar-refractivity contribution in [1.29, 1.82) is 0 Å². The summed E-state index contributed by atoms with van der Waals surface area (Å²) in [7, 11) is 3.81. The van der Waals surface area contributed by atoms with Gasteiger partial charge >= 0.3 is 0 Å². The number of anilines is 2. The van der Waals surface area contributed by atoms with Gasteiger partial charge in [0, 0.05) is 46.6 Å². The molecule has 1 aliphatic carbocycles. The van der Waals surface area contributed by atoms with Crippen LogP contribution in [0.1, 0.15) is 51.0 Å². The smallest absolute Gasteiger partial charge is 0.180 e. The number of nitrogens with zero attached hydrogens (tertiary/aromatic N) is 4. The number of benzene rings is 1. The first kappa shape index (κ1) is 22.1. The van der Waals surface area contributed by atoms with E-state index in [1.807, 2.05) is 6.07 Å². The molecule has 2 aromatic heterocycles. The maximum atomic E-state index is 5.91. The van der Waals surface area contributed by atoms with E-state index in [2.05, 4.69) is 78.3 Å². The average molecular weight is 465 g/mol. The third-order valence-electron chi connectivity index (χ3n) is 6.75. The highest BCUT2D eigenvalue weighted by molar-refractivity contribution is 7.15. The summed E-state index contributed by atoms with van der Waals surface area (Å²) in [5.41, 5.74) is 11.1. The van der Waals surface area contributed by atoms with E-state index in [0.717, 1.165) is 53.3 Å². The molecule has 3 heterocycles. The van der Waals surface area contributed by atoms with E-state index in [9.17, 15) is 0 Å². The number of rotatable bonds is 4. The first-order valence-electron chi connectivity index (χ1n) is 11.4. The Morgan fingerprint density at radius 1 is 1.09 bits per heavy atom. The van der Waals surface area contributed by atoms with Gasteiger partial charge in [0.1, 0.15) is 5.75 Å². The highest BCUT2D eigenvalue weighted by Crippen LogP contribution is 2.45. The zero-order valence-corrected chi connectivity index (χ0v) is 21.0. The number of methoxy groups -OCH3 is 1. The minimum atomic E-state index is 0.0765. The third kappa shape index (κ3) is 4.06. The molecule has 0 radical (unpaired) electrons. The standard InChI is InChI=1S/C25H32N6OS/c1-24(2)12-15(13-25(3,4)30-24)31(5)21-8-7-18(28-29-21)17-9-14-10-20-22(27-23(26)33-20)16(14)11-19(17)32-6/h7-9,11,15,30H,10,12-13H2,1-6H3,(H2,26,27). The van der Waals surface area contributed by atoms with Crippen molar-refractivity contribution in [3.05, 3.63) is 34.7 Å². The Hall–Kier alpha value is -2.71. The van der Waals surface area contributed by atoms with Gasteiger partial charge < -0.3 is 20.7 Å². The van der Waals surface area contributed by atoms with Gasteiger partial charge in [-0.2, -0.15) is 0 Å². The minimum Gasteiger partial charge on any atom is -0.496 e. The van der Waals surface area contributed by atoms with Crippen molar-refractivity contribution < 1.29 is 4.74 Å². The number of nitrogens with two attached hydrogens (primary N) is 1. The van der Waals surface area contributed by atoms with Crippen molar-refractivity contribution in [2.75, 3.05) is 24.8 Å². The first-order chi connectivity index (χ1) is 15.5. The zero-order chi connectivity index (χ0) is 23.5. The molecule has 0 bridgehead atoms. The normalized spacial score (nSPS) is 18.6. The molecule has 5 rings (SSSR count). The molecular formula is C25H32N6OS. The van der Waals surface area contributed by atoms with E-state index < -0.39 is 0 Å². The molecule has 8 heteroatoms. The van der Waals surface area contributed by atoms with E-state index in [4.69, 9.17) is 10.5 Å². The van der Waals surface area contributed by atoms with Crippen LogP contribution in [0.15, 0.2) is 24.3 Å². The molecule has 0 unspecified atom stereocenters. The van der Waals surface area contributed by atoms with Crippen LogP contribution in [0.3, 0.4) is 0 Å². The highest BCUT2D eigenvalue weighted by Gasteiger charge is 2.39. The lowest BCUT2D eigenvalue weighted by Gasteiger charge is -2.49. The number of hydrogen-bond donors (Lipinski definition) is 2. The van der Waals surface area contributed by atoms with Gasteiger partial charge in [0.05, 0.1) is 18.5 Å². The van der Waals surface area contributed by atoms with Gasteiger partial charge in [0.25, 0.3) is 0 Å². The molecule has 0 atom stereocenters. The van der Waals surface area contributed by atoms with Crippen LogP contribution >= 0.6 is 11.3 Å². The molecule has 1 fully saturated rings.